The lowest BCUT2D eigenvalue weighted by molar-refractivity contribution is -0.138. The minimum atomic E-state index is -0.965. The van der Waals surface area contributed by atoms with Crippen LogP contribution in [0.1, 0.15) is 27.2 Å². The maximum absolute atomic E-state index is 10.9. The Morgan fingerprint density at radius 1 is 1.28 bits per heavy atom. The zero-order chi connectivity index (χ0) is 13.7. The molecule has 18 heavy (non-hydrogen) atoms. The standard InChI is InChI=1S/C10H16ClN5O2/c1-4-6(7(17)18)13-10-15-8(11)14-9(16-10)12-5(2)3/h5-6H,4H2,1-3H3,(H,17,18)(H2,12,13,14,15,16). The van der Waals surface area contributed by atoms with Gasteiger partial charge in [0, 0.05) is 6.04 Å². The predicted molar refractivity (Wildman–Crippen MR) is 68.9 cm³/mol. The average Bonchev–Trinajstić information content (AvgIpc) is 2.23. The molecule has 1 rings (SSSR count). The summed E-state index contributed by atoms with van der Waals surface area (Å²) in [5, 5.41) is 14.6. The quantitative estimate of drug-likeness (QED) is 0.724. The molecule has 0 amide bonds. The molecule has 0 aliphatic carbocycles. The smallest absolute Gasteiger partial charge is 0.326 e. The van der Waals surface area contributed by atoms with Gasteiger partial charge in [0.25, 0.3) is 0 Å². The lowest BCUT2D eigenvalue weighted by Gasteiger charge is -2.13. The Bertz CT molecular complexity index is 427. The van der Waals surface area contributed by atoms with Gasteiger partial charge in [-0.15, -0.1) is 0 Å². The van der Waals surface area contributed by atoms with Crippen LogP contribution in [-0.2, 0) is 4.79 Å². The summed E-state index contributed by atoms with van der Waals surface area (Å²) in [5.41, 5.74) is 0. The second-order valence-corrected chi connectivity index (χ2v) is 4.33. The molecule has 0 bridgehead atoms. The van der Waals surface area contributed by atoms with Crippen molar-refractivity contribution in [3.8, 4) is 0 Å². The molecule has 1 aromatic heterocycles. The summed E-state index contributed by atoms with van der Waals surface area (Å²) in [6.45, 7) is 5.61. The van der Waals surface area contributed by atoms with E-state index in [4.69, 9.17) is 16.7 Å². The van der Waals surface area contributed by atoms with Gasteiger partial charge in [-0.05, 0) is 31.9 Å². The summed E-state index contributed by atoms with van der Waals surface area (Å²) in [6, 6.07) is -0.617. The fraction of sp³-hybridized carbons (Fsp3) is 0.600. The first-order valence-electron chi connectivity index (χ1n) is 5.59. The third kappa shape index (κ3) is 4.33. The molecule has 0 saturated carbocycles. The number of aliphatic carboxylic acids is 1. The minimum absolute atomic E-state index is 0.0101. The molecule has 0 aliphatic heterocycles. The van der Waals surface area contributed by atoms with Gasteiger partial charge < -0.3 is 15.7 Å². The molecule has 0 saturated heterocycles. The van der Waals surface area contributed by atoms with Gasteiger partial charge in [0.2, 0.25) is 17.2 Å². The van der Waals surface area contributed by atoms with Crippen molar-refractivity contribution in [1.29, 1.82) is 0 Å². The first kappa shape index (κ1) is 14.4. The number of hydrogen-bond donors (Lipinski definition) is 3. The van der Waals surface area contributed by atoms with Crippen molar-refractivity contribution < 1.29 is 9.90 Å². The van der Waals surface area contributed by atoms with Gasteiger partial charge in [-0.3, -0.25) is 0 Å². The Morgan fingerprint density at radius 2 is 1.83 bits per heavy atom. The van der Waals surface area contributed by atoms with Crippen LogP contribution < -0.4 is 10.6 Å². The molecule has 1 aromatic rings. The topological polar surface area (TPSA) is 100 Å². The van der Waals surface area contributed by atoms with E-state index in [0.29, 0.717) is 12.4 Å². The predicted octanol–water partition coefficient (Wildman–Crippen LogP) is 1.62. The lowest BCUT2D eigenvalue weighted by Crippen LogP contribution is -2.29. The molecule has 8 heteroatoms. The van der Waals surface area contributed by atoms with Crippen molar-refractivity contribution in [1.82, 2.24) is 15.0 Å². The molecule has 0 radical (unpaired) electrons. The summed E-state index contributed by atoms with van der Waals surface area (Å²) in [6.07, 6.45) is 0.408. The van der Waals surface area contributed by atoms with E-state index >= 15 is 0 Å². The molecule has 1 unspecified atom stereocenters. The molecule has 0 aromatic carbocycles. The average molecular weight is 274 g/mol. The Hall–Kier alpha value is -1.63. The van der Waals surface area contributed by atoms with Gasteiger partial charge in [-0.25, -0.2) is 4.79 Å². The fourth-order valence-corrected chi connectivity index (χ4v) is 1.39. The summed E-state index contributed by atoms with van der Waals surface area (Å²) >= 11 is 5.75. The number of nitrogens with zero attached hydrogens (tertiary/aromatic N) is 3. The third-order valence-corrected chi connectivity index (χ3v) is 2.20. The highest BCUT2D eigenvalue weighted by Crippen LogP contribution is 2.12. The van der Waals surface area contributed by atoms with Crippen LogP contribution in [0.5, 0.6) is 0 Å². The van der Waals surface area contributed by atoms with Gasteiger partial charge >= 0.3 is 5.97 Å². The summed E-state index contributed by atoms with van der Waals surface area (Å²) < 4.78 is 0. The lowest BCUT2D eigenvalue weighted by atomic mass is 10.2. The van der Waals surface area contributed by atoms with Crippen LogP contribution in [-0.4, -0.2) is 38.1 Å². The van der Waals surface area contributed by atoms with Crippen LogP contribution in [0.2, 0.25) is 5.28 Å². The Morgan fingerprint density at radius 3 is 2.28 bits per heavy atom. The Labute approximate surface area is 110 Å². The number of carboxylic acids is 1. The fourth-order valence-electron chi connectivity index (χ4n) is 1.23. The van der Waals surface area contributed by atoms with Crippen LogP contribution in [0.3, 0.4) is 0 Å². The normalized spacial score (nSPS) is 12.3. The van der Waals surface area contributed by atoms with Crippen LogP contribution in [0, 0.1) is 0 Å². The van der Waals surface area contributed by atoms with E-state index in [-0.39, 0.29) is 17.3 Å². The minimum Gasteiger partial charge on any atom is -0.480 e. The van der Waals surface area contributed by atoms with Crippen LogP contribution in [0.4, 0.5) is 11.9 Å². The molecule has 1 atom stereocenters. The highest BCUT2D eigenvalue weighted by atomic mass is 35.5. The van der Waals surface area contributed by atoms with Crippen LogP contribution >= 0.6 is 11.6 Å². The Balaban J connectivity index is 2.88. The summed E-state index contributed by atoms with van der Waals surface area (Å²) in [4.78, 5) is 22.7. The third-order valence-electron chi connectivity index (χ3n) is 2.04. The number of carboxylic acid groups (broad SMARTS) is 1. The summed E-state index contributed by atoms with van der Waals surface area (Å²) in [5.74, 6) is -0.507. The molecule has 0 aliphatic rings. The van der Waals surface area contributed by atoms with Crippen molar-refractivity contribution in [3.63, 3.8) is 0 Å². The number of carbonyl (C=O) groups is 1. The van der Waals surface area contributed by atoms with E-state index in [1.807, 2.05) is 13.8 Å². The van der Waals surface area contributed by atoms with Gasteiger partial charge in [0.15, 0.2) is 0 Å². The van der Waals surface area contributed by atoms with Gasteiger partial charge in [-0.2, -0.15) is 15.0 Å². The van der Waals surface area contributed by atoms with Crippen molar-refractivity contribution in [2.24, 2.45) is 0 Å². The molecule has 0 spiro atoms. The van der Waals surface area contributed by atoms with Gasteiger partial charge in [-0.1, -0.05) is 6.92 Å². The largest absolute Gasteiger partial charge is 0.480 e. The van der Waals surface area contributed by atoms with Crippen LogP contribution in [0.25, 0.3) is 0 Å². The maximum Gasteiger partial charge on any atom is 0.326 e. The maximum atomic E-state index is 10.9. The van der Waals surface area contributed by atoms with E-state index in [1.165, 1.54) is 0 Å². The molecule has 0 fully saturated rings. The number of rotatable bonds is 6. The first-order valence-corrected chi connectivity index (χ1v) is 5.97. The first-order chi connectivity index (χ1) is 8.42. The van der Waals surface area contributed by atoms with Crippen molar-refractivity contribution >= 4 is 29.5 Å². The van der Waals surface area contributed by atoms with Crippen molar-refractivity contribution in [2.75, 3.05) is 10.6 Å². The van der Waals surface area contributed by atoms with Crippen molar-refractivity contribution in [3.05, 3.63) is 5.28 Å². The van der Waals surface area contributed by atoms with E-state index in [1.54, 1.807) is 6.92 Å². The van der Waals surface area contributed by atoms with Gasteiger partial charge in [0.05, 0.1) is 0 Å². The molecule has 1 heterocycles. The highest BCUT2D eigenvalue weighted by molar-refractivity contribution is 6.28. The zero-order valence-corrected chi connectivity index (χ0v) is 11.2. The van der Waals surface area contributed by atoms with E-state index in [2.05, 4.69) is 25.6 Å². The molecule has 100 valence electrons. The molecule has 3 N–H and O–H groups in total. The summed E-state index contributed by atoms with van der Waals surface area (Å²) in [7, 11) is 0. The SMILES string of the molecule is CCC(Nc1nc(Cl)nc(NC(C)C)n1)C(=O)O. The van der Waals surface area contributed by atoms with E-state index in [0.717, 1.165) is 0 Å². The van der Waals surface area contributed by atoms with E-state index < -0.39 is 12.0 Å². The van der Waals surface area contributed by atoms with Crippen molar-refractivity contribution in [2.45, 2.75) is 39.3 Å². The molecule has 7 nitrogen and oxygen atoms in total. The highest BCUT2D eigenvalue weighted by Gasteiger charge is 2.16. The second kappa shape index (κ2) is 6.34. The second-order valence-electron chi connectivity index (χ2n) is 3.99. The molecular weight excluding hydrogens is 258 g/mol. The number of aromatic nitrogens is 3. The Kier molecular flexibility index (Phi) is 5.08. The molecular formula is C10H16ClN5O2. The zero-order valence-electron chi connectivity index (χ0n) is 10.4. The number of nitrogens with one attached hydrogen (secondary N) is 2. The van der Waals surface area contributed by atoms with Gasteiger partial charge in [0.1, 0.15) is 6.04 Å². The number of hydrogen-bond acceptors (Lipinski definition) is 6. The monoisotopic (exact) mass is 273 g/mol. The number of anilines is 2. The number of halogens is 1. The van der Waals surface area contributed by atoms with E-state index in [9.17, 15) is 4.79 Å². The van der Waals surface area contributed by atoms with Crippen LogP contribution in [0.15, 0.2) is 0 Å².